The number of rotatable bonds is 7. The van der Waals surface area contributed by atoms with E-state index in [0.717, 1.165) is 18.2 Å². The van der Waals surface area contributed by atoms with Crippen LogP contribution in [0.5, 0.6) is 0 Å². The minimum atomic E-state index is -4.98. The molecule has 0 aromatic heterocycles. The summed E-state index contributed by atoms with van der Waals surface area (Å²) < 4.78 is 36.3. The van der Waals surface area contributed by atoms with E-state index in [4.69, 9.17) is 5.14 Å². The molecule has 1 atom stereocenters. The highest BCUT2D eigenvalue weighted by molar-refractivity contribution is 7.89. The van der Waals surface area contributed by atoms with Crippen molar-refractivity contribution in [1.82, 2.24) is 0 Å². The van der Waals surface area contributed by atoms with Crippen molar-refractivity contribution in [3.8, 4) is 0 Å². The third-order valence-electron chi connectivity index (χ3n) is 4.51. The van der Waals surface area contributed by atoms with Crippen LogP contribution in [0.2, 0.25) is 0 Å². The van der Waals surface area contributed by atoms with Gasteiger partial charge in [0.2, 0.25) is 10.0 Å². The van der Waals surface area contributed by atoms with Crippen LogP contribution >= 0.6 is 7.60 Å². The molecule has 1 unspecified atom stereocenters. The van der Waals surface area contributed by atoms with Crippen molar-refractivity contribution in [1.29, 1.82) is 0 Å². The third kappa shape index (κ3) is 4.44. The molecule has 0 aliphatic rings. The van der Waals surface area contributed by atoms with E-state index in [0.29, 0.717) is 6.07 Å². The van der Waals surface area contributed by atoms with Gasteiger partial charge in [-0.1, -0.05) is 42.5 Å². The summed E-state index contributed by atoms with van der Waals surface area (Å²) in [6.45, 7) is 0. The normalized spacial score (nSPS) is 13.0. The largest absolute Gasteiger partial charge is 0.362 e. The quantitative estimate of drug-likeness (QED) is 0.219. The Morgan fingerprint density at radius 3 is 2.06 bits per heavy atom. The van der Waals surface area contributed by atoms with Crippen LogP contribution in [0.15, 0.2) is 59.5 Å². The van der Waals surface area contributed by atoms with Crippen LogP contribution in [0.3, 0.4) is 0 Å². The van der Waals surface area contributed by atoms with Crippen LogP contribution in [0, 0.1) is 20.2 Å². The summed E-state index contributed by atoms with van der Waals surface area (Å²) in [4.78, 5) is 40.4. The Balaban J connectivity index is 2.44. The van der Waals surface area contributed by atoms with E-state index in [1.54, 1.807) is 6.07 Å². The second-order valence-electron chi connectivity index (χ2n) is 6.57. The smallest absolute Gasteiger partial charge is 0.352 e. The third-order valence-corrected chi connectivity index (χ3v) is 6.57. The predicted octanol–water partition coefficient (Wildman–Crippen LogP) is 2.59. The number of benzene rings is 3. The molecule has 32 heavy (non-hydrogen) atoms. The van der Waals surface area contributed by atoms with Crippen molar-refractivity contribution >= 4 is 45.5 Å². The summed E-state index contributed by atoms with van der Waals surface area (Å²) in [7, 11) is -9.48. The number of sulfonamides is 1. The molecule has 3 aromatic rings. The van der Waals surface area contributed by atoms with E-state index < -0.39 is 60.6 Å². The number of nitro groups is 2. The van der Waals surface area contributed by atoms with Crippen molar-refractivity contribution in [2.75, 3.05) is 5.32 Å². The maximum absolute atomic E-state index is 12.2. The van der Waals surface area contributed by atoms with E-state index in [9.17, 15) is 43.0 Å². The molecule has 0 spiro atoms. The maximum atomic E-state index is 12.2. The van der Waals surface area contributed by atoms with Crippen LogP contribution < -0.4 is 10.5 Å². The number of nitro benzene ring substituents is 2. The van der Waals surface area contributed by atoms with Gasteiger partial charge >= 0.3 is 7.60 Å². The number of nitrogens with one attached hydrogen (secondary N) is 1. The summed E-state index contributed by atoms with van der Waals surface area (Å²) in [5.41, 5.74) is -2.23. The predicted molar refractivity (Wildman–Crippen MR) is 113 cm³/mol. The zero-order chi connectivity index (χ0) is 23.8. The van der Waals surface area contributed by atoms with Gasteiger partial charge in [0.1, 0.15) is 5.69 Å². The summed E-state index contributed by atoms with van der Waals surface area (Å²) in [5.74, 6) is -1.77. The molecular weight excluding hydrogens is 467 g/mol. The topological polar surface area (TPSA) is 216 Å². The van der Waals surface area contributed by atoms with Crippen molar-refractivity contribution in [2.24, 2.45) is 5.14 Å². The van der Waals surface area contributed by atoms with Gasteiger partial charge in [-0.25, -0.2) is 13.6 Å². The summed E-state index contributed by atoms with van der Waals surface area (Å²) in [6.07, 6.45) is 0. The Kier molecular flexibility index (Phi) is 6.00. The highest BCUT2D eigenvalue weighted by atomic mass is 32.2. The molecule has 0 aliphatic heterocycles. The molecule has 13 nitrogen and oxygen atoms in total. The lowest BCUT2D eigenvalue weighted by Crippen LogP contribution is -2.15. The summed E-state index contributed by atoms with van der Waals surface area (Å²) in [6, 6.07) is 11.1. The zero-order valence-corrected chi connectivity index (χ0v) is 17.6. The molecule has 0 amide bonds. The zero-order valence-electron chi connectivity index (χ0n) is 15.9. The lowest BCUT2D eigenvalue weighted by atomic mass is 10.0. The van der Waals surface area contributed by atoms with Crippen molar-refractivity contribution in [3.05, 3.63) is 80.4 Å². The molecule has 0 aliphatic carbocycles. The first-order valence-corrected chi connectivity index (χ1v) is 11.8. The van der Waals surface area contributed by atoms with Gasteiger partial charge in [-0.2, -0.15) is 0 Å². The molecule has 0 saturated carbocycles. The van der Waals surface area contributed by atoms with Crippen molar-refractivity contribution in [3.63, 3.8) is 0 Å². The van der Waals surface area contributed by atoms with Crippen LogP contribution in [0.25, 0.3) is 10.8 Å². The minimum absolute atomic E-state index is 0.0734. The molecule has 5 N–H and O–H groups in total. The lowest BCUT2D eigenvalue weighted by molar-refractivity contribution is -0.392. The highest BCUT2D eigenvalue weighted by Gasteiger charge is 2.35. The van der Waals surface area contributed by atoms with Crippen LogP contribution in [-0.4, -0.2) is 28.1 Å². The average Bonchev–Trinajstić information content (AvgIpc) is 2.69. The van der Waals surface area contributed by atoms with Crippen LogP contribution in [0.1, 0.15) is 11.3 Å². The molecule has 3 aromatic carbocycles. The standard InChI is InChI=1S/C17H15N4O9PS/c18-32(29,30)14-8-4-7-11-15(14)12(20(22)23)9-13(21(24)25)16(11)19-17(31(26,27)28)10-5-2-1-3-6-10/h1-9,17,19H,(H2,18,29,30)(H2,26,27,28). The number of non-ortho nitro benzene ring substituents is 1. The second kappa shape index (κ2) is 8.26. The molecule has 15 heteroatoms. The first-order chi connectivity index (χ1) is 14.8. The van der Waals surface area contributed by atoms with Gasteiger partial charge in [0.15, 0.2) is 5.78 Å². The molecule has 168 valence electrons. The molecule has 3 rings (SSSR count). The molecule has 0 fully saturated rings. The lowest BCUT2D eigenvalue weighted by Gasteiger charge is -2.22. The summed E-state index contributed by atoms with van der Waals surface area (Å²) in [5, 5.41) is 30.0. The Bertz CT molecular complexity index is 1390. The molecule has 0 saturated heterocycles. The summed E-state index contributed by atoms with van der Waals surface area (Å²) >= 11 is 0. The molecular formula is C17H15N4O9PS. The number of hydrogen-bond donors (Lipinski definition) is 4. The Morgan fingerprint density at radius 2 is 1.56 bits per heavy atom. The SMILES string of the molecule is NS(=O)(=O)c1cccc2c(NC(c3ccccc3)P(=O)(O)O)c([N+](=O)[O-])cc([N+](=O)[O-])c12. The number of hydrogen-bond acceptors (Lipinski definition) is 8. The van der Waals surface area contributed by atoms with Gasteiger partial charge in [0.05, 0.1) is 26.2 Å². The highest BCUT2D eigenvalue weighted by Crippen LogP contribution is 2.54. The van der Waals surface area contributed by atoms with Crippen LogP contribution in [0.4, 0.5) is 17.1 Å². The molecule has 0 radical (unpaired) electrons. The number of anilines is 1. The van der Waals surface area contributed by atoms with Gasteiger partial charge in [0, 0.05) is 5.39 Å². The number of nitrogens with two attached hydrogens (primary N) is 1. The van der Waals surface area contributed by atoms with Gasteiger partial charge < -0.3 is 15.1 Å². The Hall–Kier alpha value is -3.42. The van der Waals surface area contributed by atoms with Gasteiger partial charge in [-0.3, -0.25) is 24.8 Å². The van der Waals surface area contributed by atoms with E-state index >= 15 is 0 Å². The van der Waals surface area contributed by atoms with E-state index in [-0.39, 0.29) is 10.9 Å². The van der Waals surface area contributed by atoms with E-state index in [1.165, 1.54) is 24.3 Å². The number of nitrogens with zero attached hydrogens (tertiary/aromatic N) is 2. The fraction of sp³-hybridized carbons (Fsp3) is 0.0588. The van der Waals surface area contributed by atoms with Gasteiger partial charge in [0.25, 0.3) is 11.4 Å². The second-order valence-corrected chi connectivity index (χ2v) is 9.80. The average molecular weight is 482 g/mol. The Labute approximate surface area is 180 Å². The fourth-order valence-corrected chi connectivity index (χ4v) is 4.85. The Morgan fingerprint density at radius 1 is 0.969 bits per heavy atom. The molecule has 0 bridgehead atoms. The van der Waals surface area contributed by atoms with E-state index in [2.05, 4.69) is 5.32 Å². The molecule has 0 heterocycles. The minimum Gasteiger partial charge on any atom is -0.362 e. The number of fused-ring (bicyclic) bond motifs is 1. The van der Waals surface area contributed by atoms with Crippen molar-refractivity contribution < 1.29 is 32.6 Å². The van der Waals surface area contributed by atoms with Gasteiger partial charge in [-0.05, 0) is 11.6 Å². The number of primary sulfonamides is 1. The maximum Gasteiger partial charge on any atom is 0.352 e. The van der Waals surface area contributed by atoms with Crippen molar-refractivity contribution in [2.45, 2.75) is 10.7 Å². The monoisotopic (exact) mass is 482 g/mol. The first kappa shape index (κ1) is 23.2. The fourth-order valence-electron chi connectivity index (χ4n) is 3.23. The van der Waals surface area contributed by atoms with E-state index in [1.807, 2.05) is 0 Å². The van der Waals surface area contributed by atoms with Gasteiger partial charge in [-0.15, -0.1) is 0 Å². The first-order valence-electron chi connectivity index (χ1n) is 8.60. The van der Waals surface area contributed by atoms with Crippen LogP contribution in [-0.2, 0) is 14.6 Å².